The minimum Gasteiger partial charge on any atom is -0.355 e. The van der Waals surface area contributed by atoms with Gasteiger partial charge in [0, 0.05) is 31.0 Å². The molecule has 0 aliphatic carbocycles. The number of halogens is 1. The lowest BCUT2D eigenvalue weighted by Gasteiger charge is -2.05. The summed E-state index contributed by atoms with van der Waals surface area (Å²) in [4.78, 5) is 28.1. The number of H-pyrrole nitrogens is 1. The highest BCUT2D eigenvalue weighted by atomic mass is 19.1. The first-order valence-electron chi connectivity index (χ1n) is 7.25. The van der Waals surface area contributed by atoms with Gasteiger partial charge in [0.05, 0.1) is 11.4 Å². The van der Waals surface area contributed by atoms with E-state index in [1.54, 1.807) is 18.2 Å². The van der Waals surface area contributed by atoms with E-state index in [1.807, 2.05) is 0 Å². The first kappa shape index (κ1) is 13.7. The molecule has 2 N–H and O–H groups in total. The van der Waals surface area contributed by atoms with Crippen molar-refractivity contribution < 1.29 is 9.18 Å². The predicted octanol–water partition coefficient (Wildman–Crippen LogP) is 1.43. The van der Waals surface area contributed by atoms with Crippen molar-refractivity contribution in [3.8, 4) is 11.3 Å². The van der Waals surface area contributed by atoms with Gasteiger partial charge in [-0.3, -0.25) is 14.7 Å². The molecule has 116 valence electrons. The highest BCUT2D eigenvalue weighted by Gasteiger charge is 2.25. The van der Waals surface area contributed by atoms with Crippen molar-refractivity contribution in [2.45, 2.75) is 12.3 Å². The Kier molecular flexibility index (Phi) is 3.00. The van der Waals surface area contributed by atoms with Gasteiger partial charge in [-0.25, -0.2) is 13.9 Å². The fourth-order valence-electron chi connectivity index (χ4n) is 2.81. The first-order valence-corrected chi connectivity index (χ1v) is 7.25. The van der Waals surface area contributed by atoms with E-state index >= 15 is 0 Å². The zero-order valence-corrected chi connectivity index (χ0v) is 12.0. The molecule has 1 atom stereocenters. The van der Waals surface area contributed by atoms with Crippen LogP contribution in [0.1, 0.15) is 18.0 Å². The van der Waals surface area contributed by atoms with Crippen LogP contribution < -0.4 is 10.9 Å². The van der Waals surface area contributed by atoms with Crippen molar-refractivity contribution in [2.24, 2.45) is 0 Å². The molecule has 23 heavy (non-hydrogen) atoms. The molecule has 3 heterocycles. The lowest BCUT2D eigenvalue weighted by Crippen LogP contribution is -2.18. The lowest BCUT2D eigenvalue weighted by atomic mass is 10.0. The van der Waals surface area contributed by atoms with Crippen LogP contribution in [0.3, 0.4) is 0 Å². The lowest BCUT2D eigenvalue weighted by molar-refractivity contribution is -0.119. The molecule has 2 aromatic heterocycles. The second-order valence-corrected chi connectivity index (χ2v) is 5.59. The van der Waals surface area contributed by atoms with E-state index in [-0.39, 0.29) is 23.2 Å². The van der Waals surface area contributed by atoms with E-state index in [4.69, 9.17) is 0 Å². The van der Waals surface area contributed by atoms with Gasteiger partial charge >= 0.3 is 0 Å². The van der Waals surface area contributed by atoms with Gasteiger partial charge in [0.2, 0.25) is 5.91 Å². The number of fused-ring (bicyclic) bond motifs is 1. The second-order valence-electron chi connectivity index (χ2n) is 5.59. The van der Waals surface area contributed by atoms with Gasteiger partial charge < -0.3 is 5.32 Å². The molecule has 0 spiro atoms. The Bertz CT molecular complexity index is 958. The molecule has 1 amide bonds. The van der Waals surface area contributed by atoms with Crippen LogP contribution in [0.2, 0.25) is 0 Å². The molecule has 0 bridgehead atoms. The molecule has 0 radical (unpaired) electrons. The first-order chi connectivity index (χ1) is 11.1. The smallest absolute Gasteiger partial charge is 0.272 e. The van der Waals surface area contributed by atoms with E-state index in [0.717, 1.165) is 5.56 Å². The Morgan fingerprint density at radius 2 is 1.96 bits per heavy atom. The number of hydrogen-bond donors (Lipinski definition) is 2. The molecule has 3 aromatic rings. The van der Waals surface area contributed by atoms with Gasteiger partial charge in [-0.15, -0.1) is 0 Å². The average molecular weight is 312 g/mol. The Balaban J connectivity index is 1.79. The molecule has 0 saturated carbocycles. The zero-order chi connectivity index (χ0) is 16.0. The molecule has 1 fully saturated rings. The summed E-state index contributed by atoms with van der Waals surface area (Å²) in [6.07, 6.45) is 0.345. The standard InChI is InChI=1S/C16H13FN4O2/c17-11-3-1-9(2-4-11)13-6-14-19-12(7-16(23)21(14)20-13)10-5-15(22)18-8-10/h1-4,6-7,10,20H,5,8H2,(H,18,22). The Morgan fingerprint density at radius 3 is 2.65 bits per heavy atom. The highest BCUT2D eigenvalue weighted by Crippen LogP contribution is 2.22. The van der Waals surface area contributed by atoms with Crippen LogP contribution in [-0.2, 0) is 4.79 Å². The topological polar surface area (TPSA) is 79.3 Å². The molecule has 1 aliphatic heterocycles. The van der Waals surface area contributed by atoms with Gasteiger partial charge in [-0.1, -0.05) is 0 Å². The third kappa shape index (κ3) is 2.40. The summed E-state index contributed by atoms with van der Waals surface area (Å²) >= 11 is 0. The van der Waals surface area contributed by atoms with Gasteiger partial charge in [-0.05, 0) is 29.8 Å². The summed E-state index contributed by atoms with van der Waals surface area (Å²) in [5.74, 6) is -0.428. The Labute approximate surface area is 130 Å². The van der Waals surface area contributed by atoms with Crippen molar-refractivity contribution in [2.75, 3.05) is 6.54 Å². The second kappa shape index (κ2) is 5.05. The summed E-state index contributed by atoms with van der Waals surface area (Å²) < 4.78 is 14.4. The molecule has 1 saturated heterocycles. The number of amides is 1. The van der Waals surface area contributed by atoms with Gasteiger partial charge in [0.25, 0.3) is 5.56 Å². The van der Waals surface area contributed by atoms with Crippen LogP contribution in [-0.4, -0.2) is 27.0 Å². The Morgan fingerprint density at radius 1 is 1.17 bits per heavy atom. The van der Waals surface area contributed by atoms with Gasteiger partial charge in [-0.2, -0.15) is 0 Å². The van der Waals surface area contributed by atoms with Crippen molar-refractivity contribution in [1.82, 2.24) is 19.9 Å². The molecule has 7 heteroatoms. The number of hydrogen-bond acceptors (Lipinski definition) is 3. The minimum atomic E-state index is -0.319. The number of nitrogens with zero attached hydrogens (tertiary/aromatic N) is 2. The van der Waals surface area contributed by atoms with E-state index in [0.29, 0.717) is 30.0 Å². The number of aromatic amines is 1. The maximum Gasteiger partial charge on any atom is 0.272 e. The average Bonchev–Trinajstić information content (AvgIpc) is 3.14. The van der Waals surface area contributed by atoms with Crippen LogP contribution >= 0.6 is 0 Å². The Hall–Kier alpha value is -2.96. The van der Waals surface area contributed by atoms with Gasteiger partial charge in [0.1, 0.15) is 5.82 Å². The number of aromatic nitrogens is 3. The maximum atomic E-state index is 13.0. The van der Waals surface area contributed by atoms with Crippen molar-refractivity contribution in [3.05, 3.63) is 58.3 Å². The van der Waals surface area contributed by atoms with Crippen molar-refractivity contribution >= 4 is 11.6 Å². The van der Waals surface area contributed by atoms with E-state index in [9.17, 15) is 14.0 Å². The molecular formula is C16H13FN4O2. The third-order valence-corrected chi connectivity index (χ3v) is 4.02. The SMILES string of the molecule is O=C1CC(c2cc(=O)n3[nH]c(-c4ccc(F)cc4)cc3n2)CN1. The normalized spacial score (nSPS) is 17.6. The van der Waals surface area contributed by atoms with Crippen molar-refractivity contribution in [1.29, 1.82) is 0 Å². The van der Waals surface area contributed by atoms with Gasteiger partial charge in [0.15, 0.2) is 5.65 Å². The third-order valence-electron chi connectivity index (χ3n) is 4.02. The fraction of sp³-hybridized carbons (Fsp3) is 0.188. The molecule has 1 unspecified atom stereocenters. The number of carbonyl (C=O) groups excluding carboxylic acids is 1. The molecule has 6 nitrogen and oxygen atoms in total. The highest BCUT2D eigenvalue weighted by molar-refractivity contribution is 5.79. The van der Waals surface area contributed by atoms with E-state index < -0.39 is 0 Å². The van der Waals surface area contributed by atoms with E-state index in [2.05, 4.69) is 15.4 Å². The van der Waals surface area contributed by atoms with Crippen LogP contribution in [0.5, 0.6) is 0 Å². The summed E-state index contributed by atoms with van der Waals surface area (Å²) in [6.45, 7) is 0.497. The van der Waals surface area contributed by atoms with E-state index in [1.165, 1.54) is 22.7 Å². The fourth-order valence-corrected chi connectivity index (χ4v) is 2.81. The number of carbonyl (C=O) groups is 1. The molecule has 1 aromatic carbocycles. The number of nitrogens with one attached hydrogen (secondary N) is 2. The quantitative estimate of drug-likeness (QED) is 0.751. The minimum absolute atomic E-state index is 0.0296. The number of benzene rings is 1. The van der Waals surface area contributed by atoms with Crippen LogP contribution in [0, 0.1) is 5.82 Å². The summed E-state index contributed by atoms with van der Waals surface area (Å²) in [6, 6.07) is 9.17. The van der Waals surface area contributed by atoms with Crippen LogP contribution in [0.25, 0.3) is 16.9 Å². The predicted molar refractivity (Wildman–Crippen MR) is 81.6 cm³/mol. The van der Waals surface area contributed by atoms with Crippen LogP contribution in [0.15, 0.2) is 41.2 Å². The molecule has 4 rings (SSSR count). The zero-order valence-electron chi connectivity index (χ0n) is 12.0. The maximum absolute atomic E-state index is 13.0. The summed E-state index contributed by atoms with van der Waals surface area (Å²) in [5.41, 5.74) is 2.28. The summed E-state index contributed by atoms with van der Waals surface area (Å²) in [5, 5.41) is 5.70. The monoisotopic (exact) mass is 312 g/mol. The van der Waals surface area contributed by atoms with Crippen LogP contribution in [0.4, 0.5) is 4.39 Å². The summed E-state index contributed by atoms with van der Waals surface area (Å²) in [7, 11) is 0. The number of rotatable bonds is 2. The largest absolute Gasteiger partial charge is 0.355 e. The van der Waals surface area contributed by atoms with Crippen molar-refractivity contribution in [3.63, 3.8) is 0 Å². The molecular weight excluding hydrogens is 299 g/mol. The molecule has 1 aliphatic rings.